The lowest BCUT2D eigenvalue weighted by Gasteiger charge is -2.12. The van der Waals surface area contributed by atoms with Gasteiger partial charge in [0.25, 0.3) is 0 Å². The van der Waals surface area contributed by atoms with E-state index >= 15 is 0 Å². The van der Waals surface area contributed by atoms with Crippen LogP contribution in [-0.4, -0.2) is 29.2 Å². The largest absolute Gasteiger partial charge is 0.493 e. The van der Waals surface area contributed by atoms with Gasteiger partial charge < -0.3 is 19.4 Å². The number of benzene rings is 2. The highest BCUT2D eigenvalue weighted by Gasteiger charge is 2.12. The van der Waals surface area contributed by atoms with Crippen molar-refractivity contribution in [2.45, 2.75) is 26.4 Å². The Kier molecular flexibility index (Phi) is 6.32. The van der Waals surface area contributed by atoms with Crippen molar-refractivity contribution in [1.29, 1.82) is 0 Å². The van der Waals surface area contributed by atoms with Gasteiger partial charge in [0, 0.05) is 12.1 Å². The minimum atomic E-state index is -0.168. The summed E-state index contributed by atoms with van der Waals surface area (Å²) in [6.45, 7) is 6.99. The highest BCUT2D eigenvalue weighted by Crippen LogP contribution is 2.26. The number of amides is 1. The normalized spacial score (nSPS) is 10.6. The van der Waals surface area contributed by atoms with Gasteiger partial charge in [-0.05, 0) is 37.6 Å². The lowest BCUT2D eigenvalue weighted by molar-refractivity contribution is -0.117. The maximum atomic E-state index is 11.8. The monoisotopic (exact) mass is 379 g/mol. The van der Waals surface area contributed by atoms with Gasteiger partial charge in [0.05, 0.1) is 31.3 Å². The van der Waals surface area contributed by atoms with E-state index in [0.29, 0.717) is 18.7 Å². The number of hydrogen-bond acceptors (Lipinski definition) is 4. The molecule has 1 amide bonds. The molecule has 1 heterocycles. The molecule has 0 atom stereocenters. The van der Waals surface area contributed by atoms with Crippen LogP contribution >= 0.6 is 0 Å². The first-order valence-corrected chi connectivity index (χ1v) is 9.24. The maximum Gasteiger partial charge on any atom is 0.246 e. The smallest absolute Gasteiger partial charge is 0.246 e. The van der Waals surface area contributed by atoms with E-state index in [1.54, 1.807) is 14.0 Å². The van der Waals surface area contributed by atoms with Crippen molar-refractivity contribution >= 4 is 16.9 Å². The van der Waals surface area contributed by atoms with Gasteiger partial charge in [-0.1, -0.05) is 30.8 Å². The van der Waals surface area contributed by atoms with E-state index < -0.39 is 0 Å². The predicted octanol–water partition coefficient (Wildman–Crippen LogP) is 3.71. The average Bonchev–Trinajstić information content (AvgIpc) is 3.07. The Balaban J connectivity index is 1.68. The molecule has 0 aliphatic carbocycles. The molecule has 2 aromatic carbocycles. The Morgan fingerprint density at radius 1 is 1.14 bits per heavy atom. The fourth-order valence-corrected chi connectivity index (χ4v) is 2.96. The second kappa shape index (κ2) is 9.08. The summed E-state index contributed by atoms with van der Waals surface area (Å²) in [4.78, 5) is 16.5. The topological polar surface area (TPSA) is 65.4 Å². The Morgan fingerprint density at radius 3 is 2.61 bits per heavy atom. The Hall–Kier alpha value is -3.28. The van der Waals surface area contributed by atoms with Crippen molar-refractivity contribution in [2.75, 3.05) is 13.7 Å². The zero-order chi connectivity index (χ0) is 19.9. The van der Waals surface area contributed by atoms with Gasteiger partial charge in [-0.25, -0.2) is 4.98 Å². The van der Waals surface area contributed by atoms with Crippen LogP contribution in [0.1, 0.15) is 19.2 Å². The molecule has 0 saturated heterocycles. The number of imidazole rings is 1. The highest BCUT2D eigenvalue weighted by atomic mass is 16.5. The van der Waals surface area contributed by atoms with Crippen LogP contribution in [0.2, 0.25) is 0 Å². The lowest BCUT2D eigenvalue weighted by atomic mass is 10.3. The Labute approximate surface area is 164 Å². The van der Waals surface area contributed by atoms with E-state index in [4.69, 9.17) is 9.47 Å². The summed E-state index contributed by atoms with van der Waals surface area (Å²) in [5.41, 5.74) is 2.43. The summed E-state index contributed by atoms with van der Waals surface area (Å²) < 4.78 is 13.3. The third-order valence-electron chi connectivity index (χ3n) is 4.38. The summed E-state index contributed by atoms with van der Waals surface area (Å²) in [6, 6.07) is 15.6. The number of aromatic nitrogens is 2. The van der Waals surface area contributed by atoms with Gasteiger partial charge in [0.15, 0.2) is 11.5 Å². The number of methoxy groups -OCH3 is 1. The minimum absolute atomic E-state index is 0.168. The Bertz CT molecular complexity index is 978. The fourth-order valence-electron chi connectivity index (χ4n) is 2.96. The number of nitrogens with zero attached hydrogens (tertiary/aromatic N) is 2. The van der Waals surface area contributed by atoms with Gasteiger partial charge in [-0.2, -0.15) is 0 Å². The van der Waals surface area contributed by atoms with Crippen LogP contribution in [0.3, 0.4) is 0 Å². The highest BCUT2D eigenvalue weighted by molar-refractivity contribution is 5.92. The SMILES string of the molecule is C=C(C)C(=O)NCc1nc2ccccc2n1CCCOc1ccccc1OC. The van der Waals surface area contributed by atoms with Gasteiger partial charge >= 0.3 is 0 Å². The molecule has 0 bridgehead atoms. The predicted molar refractivity (Wildman–Crippen MR) is 109 cm³/mol. The number of hydrogen-bond donors (Lipinski definition) is 1. The molecule has 6 heteroatoms. The first kappa shape index (κ1) is 19.5. The molecular weight excluding hydrogens is 354 g/mol. The molecule has 0 unspecified atom stereocenters. The second-order valence-electron chi connectivity index (χ2n) is 6.48. The molecule has 0 aliphatic rings. The second-order valence-corrected chi connectivity index (χ2v) is 6.48. The molecule has 1 aromatic heterocycles. The van der Waals surface area contributed by atoms with Crippen LogP contribution in [0, 0.1) is 0 Å². The van der Waals surface area contributed by atoms with E-state index in [-0.39, 0.29) is 5.91 Å². The number of carbonyl (C=O) groups is 1. The van der Waals surface area contributed by atoms with Crippen LogP contribution in [0.4, 0.5) is 0 Å². The molecular formula is C22H25N3O3. The maximum absolute atomic E-state index is 11.8. The van der Waals surface area contributed by atoms with Crippen molar-refractivity contribution in [3.05, 3.63) is 66.5 Å². The van der Waals surface area contributed by atoms with E-state index in [9.17, 15) is 4.79 Å². The van der Waals surface area contributed by atoms with E-state index in [0.717, 1.165) is 41.3 Å². The summed E-state index contributed by atoms with van der Waals surface area (Å²) in [7, 11) is 1.63. The number of rotatable bonds is 9. The van der Waals surface area contributed by atoms with E-state index in [2.05, 4.69) is 21.4 Å². The van der Waals surface area contributed by atoms with Gasteiger partial charge in [-0.15, -0.1) is 0 Å². The third-order valence-corrected chi connectivity index (χ3v) is 4.38. The van der Waals surface area contributed by atoms with Crippen LogP contribution in [-0.2, 0) is 17.9 Å². The average molecular weight is 379 g/mol. The fraction of sp³-hybridized carbons (Fsp3) is 0.273. The molecule has 0 aliphatic heterocycles. The number of carbonyl (C=O) groups excluding carboxylic acids is 1. The summed E-state index contributed by atoms with van der Waals surface area (Å²) in [5, 5.41) is 2.86. The number of fused-ring (bicyclic) bond motifs is 1. The molecule has 0 spiro atoms. The molecule has 0 fully saturated rings. The van der Waals surface area contributed by atoms with Crippen LogP contribution in [0.5, 0.6) is 11.5 Å². The zero-order valence-electron chi connectivity index (χ0n) is 16.3. The first-order chi connectivity index (χ1) is 13.6. The van der Waals surface area contributed by atoms with E-state index in [1.807, 2.05) is 48.5 Å². The van der Waals surface area contributed by atoms with Crippen molar-refractivity contribution in [3.8, 4) is 11.5 Å². The molecule has 146 valence electrons. The molecule has 28 heavy (non-hydrogen) atoms. The lowest BCUT2D eigenvalue weighted by Crippen LogP contribution is -2.25. The van der Waals surface area contributed by atoms with Crippen LogP contribution < -0.4 is 14.8 Å². The van der Waals surface area contributed by atoms with E-state index in [1.165, 1.54) is 0 Å². The number of ether oxygens (including phenoxy) is 2. The Morgan fingerprint density at radius 2 is 1.86 bits per heavy atom. The van der Waals surface area contributed by atoms with Gasteiger partial charge in [-0.3, -0.25) is 4.79 Å². The van der Waals surface area contributed by atoms with Crippen LogP contribution in [0.25, 0.3) is 11.0 Å². The first-order valence-electron chi connectivity index (χ1n) is 9.24. The van der Waals surface area contributed by atoms with Crippen molar-refractivity contribution in [1.82, 2.24) is 14.9 Å². The summed E-state index contributed by atoms with van der Waals surface area (Å²) in [5.74, 6) is 2.10. The zero-order valence-corrected chi connectivity index (χ0v) is 16.3. The third kappa shape index (κ3) is 4.52. The van der Waals surface area contributed by atoms with Crippen molar-refractivity contribution < 1.29 is 14.3 Å². The van der Waals surface area contributed by atoms with Crippen molar-refractivity contribution in [2.24, 2.45) is 0 Å². The molecule has 0 saturated carbocycles. The summed E-state index contributed by atoms with van der Waals surface area (Å²) >= 11 is 0. The molecule has 6 nitrogen and oxygen atoms in total. The molecule has 1 N–H and O–H groups in total. The number of para-hydroxylation sites is 4. The summed E-state index contributed by atoms with van der Waals surface area (Å²) in [6.07, 6.45) is 0.792. The van der Waals surface area contributed by atoms with Crippen LogP contribution in [0.15, 0.2) is 60.7 Å². The number of aryl methyl sites for hydroxylation is 1. The van der Waals surface area contributed by atoms with Gasteiger partial charge in [0.2, 0.25) is 5.91 Å². The molecule has 3 aromatic rings. The molecule has 0 radical (unpaired) electrons. The quantitative estimate of drug-likeness (QED) is 0.455. The number of nitrogens with one attached hydrogen (secondary N) is 1. The molecule has 3 rings (SSSR count). The minimum Gasteiger partial charge on any atom is -0.493 e. The standard InChI is InChI=1S/C22H25N3O3/c1-16(2)22(26)23-15-21-24-17-9-4-5-10-18(17)25(21)13-8-14-28-20-12-7-6-11-19(20)27-3/h4-7,9-12H,1,8,13-15H2,2-3H3,(H,23,26). The van der Waals surface area contributed by atoms with Crippen molar-refractivity contribution in [3.63, 3.8) is 0 Å². The van der Waals surface area contributed by atoms with Gasteiger partial charge in [0.1, 0.15) is 5.82 Å².